The minimum absolute atomic E-state index is 0.399. The zero-order valence-electron chi connectivity index (χ0n) is 9.53. The van der Waals surface area contributed by atoms with Gasteiger partial charge in [-0.05, 0) is 49.4 Å². The number of benzene rings is 1. The number of hydrogen-bond donors (Lipinski definition) is 3. The van der Waals surface area contributed by atoms with Gasteiger partial charge in [0, 0.05) is 0 Å². The number of nitrogens with one attached hydrogen (secondary N) is 2. The van der Waals surface area contributed by atoms with Crippen molar-refractivity contribution in [1.82, 2.24) is 10.3 Å². The zero-order chi connectivity index (χ0) is 12.1. The van der Waals surface area contributed by atoms with Crippen LogP contribution in [0.15, 0.2) is 27.4 Å². The van der Waals surface area contributed by atoms with Gasteiger partial charge >= 0.3 is 5.76 Å². The summed E-state index contributed by atoms with van der Waals surface area (Å²) in [5.74, 6) is 0.511. The first-order chi connectivity index (χ1) is 8.29. The molecule has 0 spiro atoms. The lowest BCUT2D eigenvalue weighted by Crippen LogP contribution is -2.18. The van der Waals surface area contributed by atoms with Crippen LogP contribution >= 0.6 is 12.6 Å². The molecule has 0 aliphatic rings. The Morgan fingerprint density at radius 1 is 1.35 bits per heavy atom. The summed E-state index contributed by atoms with van der Waals surface area (Å²) >= 11 is 4.15. The van der Waals surface area contributed by atoms with Gasteiger partial charge in [0.15, 0.2) is 5.58 Å². The van der Waals surface area contributed by atoms with Crippen molar-refractivity contribution in [2.45, 2.75) is 12.8 Å². The number of hydrogen-bond acceptors (Lipinski definition) is 4. The lowest BCUT2D eigenvalue weighted by Gasteiger charge is -2.03. The van der Waals surface area contributed by atoms with Crippen molar-refractivity contribution in [2.24, 2.45) is 0 Å². The Kier molecular flexibility index (Phi) is 4.28. The Labute approximate surface area is 105 Å². The molecule has 5 heteroatoms. The van der Waals surface area contributed by atoms with Crippen LogP contribution in [0.1, 0.15) is 12.0 Å². The van der Waals surface area contributed by atoms with Gasteiger partial charge in [-0.15, -0.1) is 0 Å². The first kappa shape index (κ1) is 12.3. The predicted molar refractivity (Wildman–Crippen MR) is 71.9 cm³/mol. The molecule has 0 fully saturated rings. The second-order valence-electron chi connectivity index (χ2n) is 3.92. The summed E-state index contributed by atoms with van der Waals surface area (Å²) in [6.07, 6.45) is 2.01. The maximum Gasteiger partial charge on any atom is 0.417 e. The number of rotatable bonds is 6. The molecule has 4 nitrogen and oxygen atoms in total. The number of aromatic nitrogens is 1. The van der Waals surface area contributed by atoms with Gasteiger partial charge in [0.25, 0.3) is 0 Å². The zero-order valence-corrected chi connectivity index (χ0v) is 10.4. The average molecular weight is 252 g/mol. The van der Waals surface area contributed by atoms with Gasteiger partial charge in [0.05, 0.1) is 5.52 Å². The number of H-pyrrole nitrogens is 1. The van der Waals surface area contributed by atoms with Crippen LogP contribution in [0, 0.1) is 0 Å². The standard InChI is InChI=1S/C12H16N2O2S/c15-12-14-10-3-2-9(8-11(10)16-12)4-6-13-5-1-7-17/h2-3,8,13,17H,1,4-7H2,(H,14,15). The van der Waals surface area contributed by atoms with E-state index in [1.165, 1.54) is 5.56 Å². The molecule has 2 aromatic rings. The third kappa shape index (κ3) is 3.38. The third-order valence-electron chi connectivity index (χ3n) is 2.59. The van der Waals surface area contributed by atoms with Crippen LogP contribution in [-0.2, 0) is 6.42 Å². The predicted octanol–water partition coefficient (Wildman–Crippen LogP) is 1.57. The summed E-state index contributed by atoms with van der Waals surface area (Å²) in [6.45, 7) is 1.92. The third-order valence-corrected chi connectivity index (χ3v) is 2.90. The van der Waals surface area contributed by atoms with E-state index in [4.69, 9.17) is 4.42 Å². The quantitative estimate of drug-likeness (QED) is 0.540. The molecule has 2 N–H and O–H groups in total. The summed E-state index contributed by atoms with van der Waals surface area (Å²) in [4.78, 5) is 13.6. The number of fused-ring (bicyclic) bond motifs is 1. The first-order valence-corrected chi connectivity index (χ1v) is 6.36. The molecular weight excluding hydrogens is 236 g/mol. The van der Waals surface area contributed by atoms with E-state index in [1.54, 1.807) is 0 Å². The highest BCUT2D eigenvalue weighted by Crippen LogP contribution is 2.12. The number of oxazole rings is 1. The normalized spacial score (nSPS) is 11.1. The van der Waals surface area contributed by atoms with Crippen molar-refractivity contribution < 1.29 is 4.42 Å². The van der Waals surface area contributed by atoms with Gasteiger partial charge < -0.3 is 9.73 Å². The molecule has 0 saturated heterocycles. The molecule has 2 rings (SSSR count). The van der Waals surface area contributed by atoms with E-state index in [1.807, 2.05) is 18.2 Å². The van der Waals surface area contributed by atoms with E-state index in [-0.39, 0.29) is 0 Å². The lowest BCUT2D eigenvalue weighted by molar-refractivity contribution is 0.555. The van der Waals surface area contributed by atoms with E-state index in [9.17, 15) is 4.79 Å². The summed E-state index contributed by atoms with van der Waals surface area (Å²) in [5, 5.41) is 3.34. The van der Waals surface area contributed by atoms with Crippen molar-refractivity contribution in [1.29, 1.82) is 0 Å². The van der Waals surface area contributed by atoms with Crippen LogP contribution < -0.4 is 11.1 Å². The van der Waals surface area contributed by atoms with E-state index < -0.39 is 5.76 Å². The molecule has 17 heavy (non-hydrogen) atoms. The fourth-order valence-electron chi connectivity index (χ4n) is 1.71. The van der Waals surface area contributed by atoms with Gasteiger partial charge in [-0.1, -0.05) is 6.07 Å². The van der Waals surface area contributed by atoms with E-state index in [2.05, 4.69) is 22.9 Å². The van der Waals surface area contributed by atoms with Gasteiger partial charge in [-0.2, -0.15) is 12.6 Å². The Hall–Kier alpha value is -1.20. The fraction of sp³-hybridized carbons (Fsp3) is 0.417. The Morgan fingerprint density at radius 2 is 2.24 bits per heavy atom. The molecule has 0 radical (unpaired) electrons. The van der Waals surface area contributed by atoms with Gasteiger partial charge in [0.2, 0.25) is 0 Å². The molecule has 0 aliphatic carbocycles. The minimum atomic E-state index is -0.399. The van der Waals surface area contributed by atoms with Crippen LogP contribution in [0.5, 0.6) is 0 Å². The van der Waals surface area contributed by atoms with Crippen molar-refractivity contribution >= 4 is 23.7 Å². The van der Waals surface area contributed by atoms with E-state index >= 15 is 0 Å². The Bertz CT molecular complexity index is 533. The second kappa shape index (κ2) is 5.93. The molecule has 0 unspecified atom stereocenters. The molecule has 1 aromatic carbocycles. The van der Waals surface area contributed by atoms with Crippen LogP contribution in [0.25, 0.3) is 11.1 Å². The maximum atomic E-state index is 11.0. The molecule has 92 valence electrons. The van der Waals surface area contributed by atoms with E-state index in [0.717, 1.165) is 37.2 Å². The fourth-order valence-corrected chi connectivity index (χ4v) is 1.87. The molecule has 1 heterocycles. The number of thiol groups is 1. The van der Waals surface area contributed by atoms with Gasteiger partial charge in [-0.3, -0.25) is 4.98 Å². The highest BCUT2D eigenvalue weighted by atomic mass is 32.1. The van der Waals surface area contributed by atoms with E-state index in [0.29, 0.717) is 5.58 Å². The number of aromatic amines is 1. The molecule has 1 aromatic heterocycles. The van der Waals surface area contributed by atoms with Crippen LogP contribution in [0.2, 0.25) is 0 Å². The van der Waals surface area contributed by atoms with Crippen molar-refractivity contribution in [3.8, 4) is 0 Å². The van der Waals surface area contributed by atoms with Gasteiger partial charge in [0.1, 0.15) is 0 Å². The minimum Gasteiger partial charge on any atom is -0.408 e. The molecule has 0 amide bonds. The van der Waals surface area contributed by atoms with Crippen LogP contribution in [-0.4, -0.2) is 23.8 Å². The molecule has 0 bridgehead atoms. The maximum absolute atomic E-state index is 11.0. The van der Waals surface area contributed by atoms with Crippen molar-refractivity contribution in [2.75, 3.05) is 18.8 Å². The van der Waals surface area contributed by atoms with Crippen molar-refractivity contribution in [3.05, 3.63) is 34.3 Å². The van der Waals surface area contributed by atoms with Crippen molar-refractivity contribution in [3.63, 3.8) is 0 Å². The molecular formula is C12H16N2O2S. The highest BCUT2D eigenvalue weighted by molar-refractivity contribution is 7.80. The van der Waals surface area contributed by atoms with Crippen LogP contribution in [0.4, 0.5) is 0 Å². The van der Waals surface area contributed by atoms with Crippen LogP contribution in [0.3, 0.4) is 0 Å². The second-order valence-corrected chi connectivity index (χ2v) is 4.37. The first-order valence-electron chi connectivity index (χ1n) is 5.73. The Balaban J connectivity index is 1.92. The average Bonchev–Trinajstić information content (AvgIpc) is 2.68. The monoisotopic (exact) mass is 252 g/mol. The smallest absolute Gasteiger partial charge is 0.408 e. The largest absolute Gasteiger partial charge is 0.417 e. The lowest BCUT2D eigenvalue weighted by atomic mass is 10.1. The van der Waals surface area contributed by atoms with Gasteiger partial charge in [-0.25, -0.2) is 4.79 Å². The summed E-state index contributed by atoms with van der Waals surface area (Å²) < 4.78 is 5.01. The Morgan fingerprint density at radius 3 is 3.06 bits per heavy atom. The molecule has 0 atom stereocenters. The molecule has 0 saturated carbocycles. The SMILES string of the molecule is O=c1[nH]c2ccc(CCNCCCS)cc2o1. The summed E-state index contributed by atoms with van der Waals surface area (Å²) in [6, 6.07) is 5.80. The molecule has 0 aliphatic heterocycles. The summed E-state index contributed by atoms with van der Waals surface area (Å²) in [5.41, 5.74) is 2.54. The topological polar surface area (TPSA) is 58.0 Å². The highest BCUT2D eigenvalue weighted by Gasteiger charge is 2.01. The summed E-state index contributed by atoms with van der Waals surface area (Å²) in [7, 11) is 0.